The van der Waals surface area contributed by atoms with Crippen molar-refractivity contribution in [2.45, 2.75) is 26.9 Å². The molecule has 23 heavy (non-hydrogen) atoms. The van der Waals surface area contributed by atoms with Crippen LogP contribution in [-0.2, 0) is 0 Å². The van der Waals surface area contributed by atoms with Gasteiger partial charge in [0, 0.05) is 11.8 Å². The van der Waals surface area contributed by atoms with Gasteiger partial charge in [0.1, 0.15) is 11.4 Å². The van der Waals surface area contributed by atoms with Gasteiger partial charge in [0.2, 0.25) is 0 Å². The van der Waals surface area contributed by atoms with Crippen molar-refractivity contribution in [3.63, 3.8) is 0 Å². The normalized spacial score (nSPS) is 11.0. The fraction of sp³-hybridized carbons (Fsp3) is 0.235. The lowest BCUT2D eigenvalue weighted by molar-refractivity contribution is 0.102. The molecule has 0 saturated carbocycles. The molecule has 1 amide bonds. The van der Waals surface area contributed by atoms with Gasteiger partial charge in [0.25, 0.3) is 5.91 Å². The number of amides is 1. The SMILES string of the molecule is Cc1cc(C(=O)Nc2ccccc2OC(C)C)nc2ccnn12. The van der Waals surface area contributed by atoms with E-state index in [1.165, 1.54) is 0 Å². The molecule has 6 nitrogen and oxygen atoms in total. The number of carbonyl (C=O) groups excluding carboxylic acids is 1. The van der Waals surface area contributed by atoms with Gasteiger partial charge in [-0.2, -0.15) is 5.10 Å². The number of nitrogens with zero attached hydrogens (tertiary/aromatic N) is 3. The first-order chi connectivity index (χ1) is 11.0. The summed E-state index contributed by atoms with van der Waals surface area (Å²) in [6.45, 7) is 5.77. The Bertz CT molecular complexity index is 855. The summed E-state index contributed by atoms with van der Waals surface area (Å²) in [7, 11) is 0. The Morgan fingerprint density at radius 1 is 1.26 bits per heavy atom. The second-order valence-corrected chi connectivity index (χ2v) is 5.50. The fourth-order valence-corrected chi connectivity index (χ4v) is 2.30. The van der Waals surface area contributed by atoms with Crippen LogP contribution in [0.3, 0.4) is 0 Å². The third-order valence-electron chi connectivity index (χ3n) is 3.27. The van der Waals surface area contributed by atoms with Crippen molar-refractivity contribution >= 4 is 17.2 Å². The van der Waals surface area contributed by atoms with Gasteiger partial charge in [0.15, 0.2) is 5.65 Å². The summed E-state index contributed by atoms with van der Waals surface area (Å²) in [4.78, 5) is 16.8. The number of hydrogen-bond donors (Lipinski definition) is 1. The summed E-state index contributed by atoms with van der Waals surface area (Å²) in [6.07, 6.45) is 1.68. The highest BCUT2D eigenvalue weighted by Gasteiger charge is 2.14. The molecule has 0 atom stereocenters. The number of fused-ring (bicyclic) bond motifs is 1. The van der Waals surface area contributed by atoms with E-state index < -0.39 is 0 Å². The number of aryl methyl sites for hydroxylation is 1. The van der Waals surface area contributed by atoms with E-state index in [9.17, 15) is 4.79 Å². The number of anilines is 1. The Labute approximate surface area is 134 Å². The molecule has 0 aliphatic carbocycles. The Hall–Kier alpha value is -2.89. The van der Waals surface area contributed by atoms with Crippen LogP contribution in [0.25, 0.3) is 5.65 Å². The van der Waals surface area contributed by atoms with Crippen LogP contribution in [0, 0.1) is 6.92 Å². The average Bonchev–Trinajstić information content (AvgIpc) is 2.97. The molecule has 0 fully saturated rings. The largest absolute Gasteiger partial charge is 0.489 e. The van der Waals surface area contributed by atoms with Gasteiger partial charge in [-0.05, 0) is 39.0 Å². The van der Waals surface area contributed by atoms with Crippen LogP contribution in [0.2, 0.25) is 0 Å². The Morgan fingerprint density at radius 3 is 2.83 bits per heavy atom. The molecular formula is C17H18N4O2. The smallest absolute Gasteiger partial charge is 0.274 e. The summed E-state index contributed by atoms with van der Waals surface area (Å²) in [5, 5.41) is 7.01. The lowest BCUT2D eigenvalue weighted by atomic mass is 10.2. The van der Waals surface area contributed by atoms with E-state index in [0.717, 1.165) is 5.69 Å². The second-order valence-electron chi connectivity index (χ2n) is 5.50. The molecule has 3 rings (SSSR count). The molecule has 0 aliphatic heterocycles. The van der Waals surface area contributed by atoms with Gasteiger partial charge < -0.3 is 10.1 Å². The summed E-state index contributed by atoms with van der Waals surface area (Å²) in [5.41, 5.74) is 2.45. The highest BCUT2D eigenvalue weighted by atomic mass is 16.5. The summed E-state index contributed by atoms with van der Waals surface area (Å²) in [6, 6.07) is 10.8. The van der Waals surface area contributed by atoms with E-state index in [1.54, 1.807) is 28.9 Å². The van der Waals surface area contributed by atoms with E-state index >= 15 is 0 Å². The van der Waals surface area contributed by atoms with Crippen LogP contribution in [0.15, 0.2) is 42.6 Å². The van der Waals surface area contributed by atoms with E-state index in [0.29, 0.717) is 22.8 Å². The van der Waals surface area contributed by atoms with Crippen molar-refractivity contribution in [2.24, 2.45) is 0 Å². The first-order valence-corrected chi connectivity index (χ1v) is 7.43. The van der Waals surface area contributed by atoms with Crippen molar-refractivity contribution < 1.29 is 9.53 Å². The summed E-state index contributed by atoms with van der Waals surface area (Å²) in [5.74, 6) is 0.356. The van der Waals surface area contributed by atoms with Gasteiger partial charge in [-0.25, -0.2) is 9.50 Å². The third-order valence-corrected chi connectivity index (χ3v) is 3.27. The number of benzene rings is 1. The summed E-state index contributed by atoms with van der Waals surface area (Å²) >= 11 is 0. The highest BCUT2D eigenvalue weighted by molar-refractivity contribution is 6.04. The number of carbonyl (C=O) groups is 1. The Kier molecular flexibility index (Phi) is 3.97. The van der Waals surface area contributed by atoms with E-state index in [-0.39, 0.29) is 12.0 Å². The molecule has 1 N–H and O–H groups in total. The van der Waals surface area contributed by atoms with Crippen LogP contribution >= 0.6 is 0 Å². The van der Waals surface area contributed by atoms with Crippen molar-refractivity contribution in [1.82, 2.24) is 14.6 Å². The molecule has 6 heteroatoms. The molecule has 2 heterocycles. The van der Waals surface area contributed by atoms with Crippen molar-refractivity contribution in [3.8, 4) is 5.75 Å². The van der Waals surface area contributed by atoms with Crippen LogP contribution in [0.4, 0.5) is 5.69 Å². The Balaban J connectivity index is 1.89. The molecule has 0 unspecified atom stereocenters. The highest BCUT2D eigenvalue weighted by Crippen LogP contribution is 2.25. The molecule has 0 aliphatic rings. The zero-order chi connectivity index (χ0) is 16.4. The molecule has 0 bridgehead atoms. The second kappa shape index (κ2) is 6.08. The maximum Gasteiger partial charge on any atom is 0.274 e. The quantitative estimate of drug-likeness (QED) is 0.804. The zero-order valence-corrected chi connectivity index (χ0v) is 13.3. The van der Waals surface area contributed by atoms with E-state index in [1.807, 2.05) is 39.0 Å². The standard InChI is InChI=1S/C17H18N4O2/c1-11(2)23-15-7-5-4-6-13(15)20-17(22)14-10-12(3)21-16(19-14)8-9-18-21/h4-11H,1-3H3,(H,20,22). The topological polar surface area (TPSA) is 68.5 Å². The number of para-hydroxylation sites is 2. The van der Waals surface area contributed by atoms with Crippen molar-refractivity contribution in [1.29, 1.82) is 0 Å². The maximum absolute atomic E-state index is 12.5. The number of rotatable bonds is 4. The molecule has 0 saturated heterocycles. The van der Waals surface area contributed by atoms with Gasteiger partial charge in [-0.1, -0.05) is 12.1 Å². The molecule has 0 radical (unpaired) electrons. The van der Waals surface area contributed by atoms with Gasteiger partial charge in [0.05, 0.1) is 18.0 Å². The number of nitrogens with one attached hydrogen (secondary N) is 1. The predicted molar refractivity (Wildman–Crippen MR) is 87.9 cm³/mol. The minimum atomic E-state index is -0.281. The van der Waals surface area contributed by atoms with Gasteiger partial charge in [-0.3, -0.25) is 4.79 Å². The van der Waals surface area contributed by atoms with E-state index in [4.69, 9.17) is 4.74 Å². The number of aromatic nitrogens is 3. The summed E-state index contributed by atoms with van der Waals surface area (Å²) < 4.78 is 7.40. The lowest BCUT2D eigenvalue weighted by Gasteiger charge is -2.14. The maximum atomic E-state index is 12.5. The van der Waals surface area contributed by atoms with Crippen molar-refractivity contribution in [3.05, 3.63) is 54.0 Å². The molecule has 1 aromatic carbocycles. The number of ether oxygens (including phenoxy) is 1. The van der Waals surface area contributed by atoms with Crippen LogP contribution < -0.4 is 10.1 Å². The first kappa shape index (κ1) is 15.0. The Morgan fingerprint density at radius 2 is 2.04 bits per heavy atom. The zero-order valence-electron chi connectivity index (χ0n) is 13.3. The van der Waals surface area contributed by atoms with Crippen LogP contribution in [-0.4, -0.2) is 26.6 Å². The minimum Gasteiger partial charge on any atom is -0.489 e. The van der Waals surface area contributed by atoms with Crippen LogP contribution in [0.5, 0.6) is 5.75 Å². The molecule has 0 spiro atoms. The van der Waals surface area contributed by atoms with E-state index in [2.05, 4.69) is 15.4 Å². The molecule has 2 aromatic heterocycles. The van der Waals surface area contributed by atoms with Gasteiger partial charge >= 0.3 is 0 Å². The number of hydrogen-bond acceptors (Lipinski definition) is 4. The molecular weight excluding hydrogens is 292 g/mol. The predicted octanol–water partition coefficient (Wildman–Crippen LogP) is 3.08. The van der Waals surface area contributed by atoms with Crippen molar-refractivity contribution in [2.75, 3.05) is 5.32 Å². The monoisotopic (exact) mass is 310 g/mol. The van der Waals surface area contributed by atoms with Crippen LogP contribution in [0.1, 0.15) is 30.0 Å². The fourth-order valence-electron chi connectivity index (χ4n) is 2.30. The third kappa shape index (κ3) is 3.15. The minimum absolute atomic E-state index is 0.0246. The van der Waals surface area contributed by atoms with Gasteiger partial charge in [-0.15, -0.1) is 0 Å². The first-order valence-electron chi connectivity index (χ1n) is 7.43. The lowest BCUT2D eigenvalue weighted by Crippen LogP contribution is -2.16. The molecule has 3 aromatic rings. The average molecular weight is 310 g/mol. The molecule has 118 valence electrons.